The largest absolute Gasteiger partial charge is 0.507 e. The van der Waals surface area contributed by atoms with Crippen molar-refractivity contribution in [3.63, 3.8) is 0 Å². The molecule has 0 atom stereocenters. The average Bonchev–Trinajstić information content (AvgIpc) is 2.80. The van der Waals surface area contributed by atoms with E-state index in [1.807, 2.05) is 24.3 Å². The Labute approximate surface area is 199 Å². The standard InChI is InChI=1S/C26H30FN5O2/c1-17(33)28-24-9-8-23(29-30-24)22-16-19(27)15-21(25(22)34)18-6-5-7-20(14-18)31-10-12-32(13-11-31)26(2,3)4/h5-9,14-16,34H,10-13H2,1-4H3,(H,28,30,33). The molecule has 8 heteroatoms. The van der Waals surface area contributed by atoms with E-state index in [1.165, 1.54) is 19.1 Å². The summed E-state index contributed by atoms with van der Waals surface area (Å²) in [6.45, 7) is 11.8. The number of aromatic hydroxyl groups is 1. The summed E-state index contributed by atoms with van der Waals surface area (Å²) in [5, 5.41) is 21.6. The van der Waals surface area contributed by atoms with Gasteiger partial charge in [0.1, 0.15) is 11.6 Å². The number of rotatable bonds is 4. The number of amides is 1. The van der Waals surface area contributed by atoms with Crippen molar-refractivity contribution in [2.45, 2.75) is 33.2 Å². The fraction of sp³-hybridized carbons (Fsp3) is 0.346. The minimum absolute atomic E-state index is 0.0716. The van der Waals surface area contributed by atoms with Crippen LogP contribution in [0.4, 0.5) is 15.9 Å². The molecule has 1 aliphatic rings. The van der Waals surface area contributed by atoms with Gasteiger partial charge < -0.3 is 15.3 Å². The van der Waals surface area contributed by atoms with Crippen molar-refractivity contribution >= 4 is 17.4 Å². The highest BCUT2D eigenvalue weighted by Crippen LogP contribution is 2.39. The molecular formula is C26H30FN5O2. The molecule has 3 aromatic rings. The maximum atomic E-state index is 14.6. The molecule has 1 fully saturated rings. The van der Waals surface area contributed by atoms with E-state index in [-0.39, 0.29) is 28.6 Å². The number of carbonyl (C=O) groups excluding carboxylic acids is 1. The van der Waals surface area contributed by atoms with Crippen LogP contribution < -0.4 is 10.2 Å². The van der Waals surface area contributed by atoms with Gasteiger partial charge in [-0.05, 0) is 62.7 Å². The molecule has 1 aromatic heterocycles. The number of nitrogens with zero attached hydrogens (tertiary/aromatic N) is 4. The summed E-state index contributed by atoms with van der Waals surface area (Å²) in [4.78, 5) is 16.0. The lowest BCUT2D eigenvalue weighted by atomic mass is 9.98. The van der Waals surface area contributed by atoms with E-state index in [4.69, 9.17) is 0 Å². The van der Waals surface area contributed by atoms with Crippen LogP contribution in [0.25, 0.3) is 22.4 Å². The Morgan fingerprint density at radius 1 is 1.00 bits per heavy atom. The number of phenols is 1. The summed E-state index contributed by atoms with van der Waals surface area (Å²) in [7, 11) is 0. The average molecular weight is 464 g/mol. The van der Waals surface area contributed by atoms with E-state index >= 15 is 0 Å². The van der Waals surface area contributed by atoms with Crippen molar-refractivity contribution in [1.82, 2.24) is 15.1 Å². The van der Waals surface area contributed by atoms with Gasteiger partial charge in [-0.3, -0.25) is 9.69 Å². The molecule has 0 radical (unpaired) electrons. The second-order valence-corrected chi connectivity index (χ2v) is 9.53. The number of hydrogen-bond donors (Lipinski definition) is 2. The first-order valence-corrected chi connectivity index (χ1v) is 11.4. The van der Waals surface area contributed by atoms with Crippen molar-refractivity contribution in [3.05, 3.63) is 54.3 Å². The van der Waals surface area contributed by atoms with Crippen LogP contribution in [-0.4, -0.2) is 57.8 Å². The third-order valence-corrected chi connectivity index (χ3v) is 6.07. The molecule has 1 saturated heterocycles. The Morgan fingerprint density at radius 3 is 2.32 bits per heavy atom. The second kappa shape index (κ2) is 9.38. The highest BCUT2D eigenvalue weighted by Gasteiger charge is 2.26. The molecule has 0 spiro atoms. The van der Waals surface area contributed by atoms with Crippen LogP contribution in [-0.2, 0) is 4.79 Å². The molecule has 34 heavy (non-hydrogen) atoms. The number of aromatic nitrogens is 2. The SMILES string of the molecule is CC(=O)Nc1ccc(-c2cc(F)cc(-c3cccc(N4CCN(C(C)(C)C)CC4)c3)c2O)nn1. The molecular weight excluding hydrogens is 433 g/mol. The molecule has 0 aliphatic carbocycles. The van der Waals surface area contributed by atoms with Crippen molar-refractivity contribution < 1.29 is 14.3 Å². The number of hydrogen-bond acceptors (Lipinski definition) is 6. The summed E-state index contributed by atoms with van der Waals surface area (Å²) < 4.78 is 14.6. The van der Waals surface area contributed by atoms with Gasteiger partial charge in [-0.1, -0.05) is 12.1 Å². The van der Waals surface area contributed by atoms with Gasteiger partial charge in [-0.2, -0.15) is 0 Å². The quantitative estimate of drug-likeness (QED) is 0.592. The van der Waals surface area contributed by atoms with Crippen LogP contribution in [0.2, 0.25) is 0 Å². The van der Waals surface area contributed by atoms with E-state index in [9.17, 15) is 14.3 Å². The molecule has 2 heterocycles. The minimum atomic E-state index is -0.486. The second-order valence-electron chi connectivity index (χ2n) is 9.53. The van der Waals surface area contributed by atoms with Gasteiger partial charge in [-0.15, -0.1) is 10.2 Å². The molecule has 0 unspecified atom stereocenters. The molecule has 1 amide bonds. The van der Waals surface area contributed by atoms with Crippen LogP contribution in [0.5, 0.6) is 5.75 Å². The van der Waals surface area contributed by atoms with Crippen LogP contribution in [0.3, 0.4) is 0 Å². The Bertz CT molecular complexity index is 1180. The summed E-state index contributed by atoms with van der Waals surface area (Å²) in [5.41, 5.74) is 2.83. The fourth-order valence-electron chi connectivity index (χ4n) is 4.24. The maximum absolute atomic E-state index is 14.6. The van der Waals surface area contributed by atoms with E-state index in [0.29, 0.717) is 11.3 Å². The van der Waals surface area contributed by atoms with Crippen molar-refractivity contribution in [2.75, 3.05) is 36.4 Å². The maximum Gasteiger partial charge on any atom is 0.222 e. The first kappa shape index (κ1) is 23.6. The van der Waals surface area contributed by atoms with E-state index in [0.717, 1.165) is 37.4 Å². The van der Waals surface area contributed by atoms with Gasteiger partial charge in [0.25, 0.3) is 0 Å². The van der Waals surface area contributed by atoms with E-state index < -0.39 is 5.82 Å². The first-order valence-electron chi connectivity index (χ1n) is 11.4. The van der Waals surface area contributed by atoms with Crippen molar-refractivity contribution in [3.8, 4) is 28.1 Å². The van der Waals surface area contributed by atoms with Crippen LogP contribution in [0, 0.1) is 5.82 Å². The van der Waals surface area contributed by atoms with Gasteiger partial charge in [0, 0.05) is 55.5 Å². The fourth-order valence-corrected chi connectivity index (χ4v) is 4.24. The Hall–Kier alpha value is -3.52. The van der Waals surface area contributed by atoms with Crippen molar-refractivity contribution in [2.24, 2.45) is 0 Å². The molecule has 7 nitrogen and oxygen atoms in total. The number of anilines is 2. The number of phenolic OH excluding ortho intramolecular Hbond substituents is 1. The normalized spacial score (nSPS) is 14.8. The van der Waals surface area contributed by atoms with Crippen LogP contribution >= 0.6 is 0 Å². The number of benzene rings is 2. The predicted octanol–water partition coefficient (Wildman–Crippen LogP) is 4.53. The third kappa shape index (κ3) is 5.17. The lowest BCUT2D eigenvalue weighted by Crippen LogP contribution is -2.53. The summed E-state index contributed by atoms with van der Waals surface area (Å²) in [6.07, 6.45) is 0. The summed E-state index contributed by atoms with van der Waals surface area (Å²) >= 11 is 0. The zero-order valence-electron chi connectivity index (χ0n) is 20.0. The zero-order valence-corrected chi connectivity index (χ0v) is 20.0. The summed E-state index contributed by atoms with van der Waals surface area (Å²) in [5.74, 6) is -0.540. The highest BCUT2D eigenvalue weighted by atomic mass is 19.1. The smallest absolute Gasteiger partial charge is 0.222 e. The van der Waals surface area contributed by atoms with Gasteiger partial charge in [0.2, 0.25) is 5.91 Å². The summed E-state index contributed by atoms with van der Waals surface area (Å²) in [6, 6.07) is 13.5. The molecule has 178 valence electrons. The number of piperazine rings is 1. The molecule has 0 saturated carbocycles. The topological polar surface area (TPSA) is 81.6 Å². The number of carbonyl (C=O) groups is 1. The molecule has 2 aromatic carbocycles. The minimum Gasteiger partial charge on any atom is -0.507 e. The van der Waals surface area contributed by atoms with E-state index in [1.54, 1.807) is 12.1 Å². The third-order valence-electron chi connectivity index (χ3n) is 6.07. The Balaban J connectivity index is 1.62. The van der Waals surface area contributed by atoms with Crippen molar-refractivity contribution in [1.29, 1.82) is 0 Å². The van der Waals surface area contributed by atoms with Gasteiger partial charge >= 0.3 is 0 Å². The molecule has 1 aliphatic heterocycles. The predicted molar refractivity (Wildman–Crippen MR) is 132 cm³/mol. The number of halogens is 1. The van der Waals surface area contributed by atoms with Crippen LogP contribution in [0.15, 0.2) is 48.5 Å². The lowest BCUT2D eigenvalue weighted by molar-refractivity contribution is -0.114. The zero-order chi connectivity index (χ0) is 24.5. The first-order chi connectivity index (χ1) is 16.1. The molecule has 4 rings (SSSR count). The van der Waals surface area contributed by atoms with Gasteiger partial charge in [0.15, 0.2) is 5.82 Å². The van der Waals surface area contributed by atoms with Gasteiger partial charge in [-0.25, -0.2) is 4.39 Å². The molecule has 2 N–H and O–H groups in total. The van der Waals surface area contributed by atoms with Gasteiger partial charge in [0.05, 0.1) is 5.69 Å². The Kier molecular flexibility index (Phi) is 6.52. The van der Waals surface area contributed by atoms with E-state index in [2.05, 4.69) is 46.1 Å². The highest BCUT2D eigenvalue weighted by molar-refractivity contribution is 5.88. The van der Waals surface area contributed by atoms with Crippen LogP contribution in [0.1, 0.15) is 27.7 Å². The molecule has 0 bridgehead atoms. The Morgan fingerprint density at radius 2 is 1.71 bits per heavy atom. The number of nitrogens with one attached hydrogen (secondary N) is 1. The lowest BCUT2D eigenvalue weighted by Gasteiger charge is -2.43. The monoisotopic (exact) mass is 463 g/mol.